The van der Waals surface area contributed by atoms with Gasteiger partial charge >= 0.3 is 10.4 Å². The highest BCUT2D eigenvalue weighted by atomic mass is 32.3. The number of benzene rings is 1. The van der Waals surface area contributed by atoms with Crippen molar-refractivity contribution in [3.8, 4) is 0 Å². The summed E-state index contributed by atoms with van der Waals surface area (Å²) in [6.45, 7) is 5.28. The highest BCUT2D eigenvalue weighted by Gasteiger charge is 2.24. The first-order chi connectivity index (χ1) is 11.0. The quantitative estimate of drug-likeness (QED) is 0.362. The predicted molar refractivity (Wildman–Crippen MR) is 92.3 cm³/mol. The Bertz CT molecular complexity index is 760. The van der Waals surface area contributed by atoms with Crippen LogP contribution in [0.2, 0.25) is 0 Å². The monoisotopic (exact) mass is 381 g/mol. The lowest BCUT2D eigenvalue weighted by atomic mass is 10.1. The number of sulfonamides is 1. The van der Waals surface area contributed by atoms with Crippen molar-refractivity contribution >= 4 is 31.8 Å². The Hall–Kier alpha value is -1.40. The van der Waals surface area contributed by atoms with Crippen molar-refractivity contribution in [3.05, 3.63) is 23.8 Å². The smallest absolute Gasteiger partial charge is 0.399 e. The Balaban J connectivity index is 3.00. The molecule has 0 aliphatic rings. The molecule has 0 fully saturated rings. The minimum Gasteiger partial charge on any atom is -0.399 e. The Kier molecular flexibility index (Phi) is 6.98. The molecule has 0 unspecified atom stereocenters. The normalized spacial score (nSPS) is 12.5. The van der Waals surface area contributed by atoms with Gasteiger partial charge in [-0.3, -0.25) is 4.55 Å². The third-order valence-electron chi connectivity index (χ3n) is 3.37. The maximum atomic E-state index is 11.6. The zero-order chi connectivity index (χ0) is 18.5. The van der Waals surface area contributed by atoms with Crippen molar-refractivity contribution in [2.24, 2.45) is 0 Å². The number of anilines is 2. The van der Waals surface area contributed by atoms with Gasteiger partial charge in [0.15, 0.2) is 0 Å². The van der Waals surface area contributed by atoms with E-state index in [4.69, 9.17) is 10.3 Å². The summed E-state index contributed by atoms with van der Waals surface area (Å²) in [7, 11) is -8.94. The van der Waals surface area contributed by atoms with E-state index in [0.717, 1.165) is 25.0 Å². The zero-order valence-corrected chi connectivity index (χ0v) is 15.5. The second kappa shape index (κ2) is 8.12. The fourth-order valence-electron chi connectivity index (χ4n) is 2.17. The Labute approximate surface area is 143 Å². The van der Waals surface area contributed by atoms with Crippen LogP contribution in [0.15, 0.2) is 18.2 Å². The van der Waals surface area contributed by atoms with E-state index in [9.17, 15) is 16.8 Å². The lowest BCUT2D eigenvalue weighted by Gasteiger charge is -2.23. The van der Waals surface area contributed by atoms with Crippen LogP contribution in [0.25, 0.3) is 0 Å². The summed E-state index contributed by atoms with van der Waals surface area (Å²) in [4.78, 5) is 2.09. The maximum Gasteiger partial charge on any atom is 0.414 e. The van der Waals surface area contributed by atoms with Gasteiger partial charge in [0.25, 0.3) is 0 Å². The molecule has 1 aromatic carbocycles. The molecule has 24 heavy (non-hydrogen) atoms. The van der Waals surface area contributed by atoms with Gasteiger partial charge in [0.1, 0.15) is 0 Å². The Morgan fingerprint density at radius 3 is 2.21 bits per heavy atom. The van der Waals surface area contributed by atoms with Gasteiger partial charge in [0, 0.05) is 31.0 Å². The molecule has 0 radical (unpaired) electrons. The third kappa shape index (κ3) is 6.24. The Morgan fingerprint density at radius 1 is 1.17 bits per heavy atom. The molecule has 0 heterocycles. The lowest BCUT2D eigenvalue weighted by molar-refractivity contribution is 0.0318. The molecule has 0 aromatic heterocycles. The summed E-state index contributed by atoms with van der Waals surface area (Å²) in [5.41, 5.74) is 7.92. The number of hydrogen-bond donors (Lipinski definition) is 2. The van der Waals surface area contributed by atoms with Crippen LogP contribution in [-0.2, 0) is 31.1 Å². The highest BCUT2D eigenvalue weighted by Crippen LogP contribution is 2.22. The van der Waals surface area contributed by atoms with Crippen LogP contribution in [0, 0.1) is 0 Å². The van der Waals surface area contributed by atoms with Gasteiger partial charge in [-0.05, 0) is 44.0 Å². The number of nitrogen functional groups attached to an aromatic ring is 1. The van der Waals surface area contributed by atoms with Crippen molar-refractivity contribution in [1.29, 1.82) is 0 Å². The van der Waals surface area contributed by atoms with Crippen molar-refractivity contribution < 1.29 is 25.7 Å². The predicted octanol–water partition coefficient (Wildman–Crippen LogP) is 0.654. The standard InChI is InChI=1S/C13H23N3O6S2/c1-4-15(5-2)12-6-7-13(14)11(10-12)8-9-16(23(3,17)18)22-24(19,20)21/h6-7,10H,4-5,8-9,14H2,1-3H3,(H,19,20,21). The van der Waals surface area contributed by atoms with Crippen molar-refractivity contribution in [3.63, 3.8) is 0 Å². The van der Waals surface area contributed by atoms with Gasteiger partial charge in [0.2, 0.25) is 10.0 Å². The first kappa shape index (κ1) is 20.6. The number of hydrogen-bond acceptors (Lipinski definition) is 7. The van der Waals surface area contributed by atoms with Crippen molar-refractivity contribution in [2.45, 2.75) is 20.3 Å². The van der Waals surface area contributed by atoms with Crippen LogP contribution in [0.4, 0.5) is 11.4 Å². The van der Waals surface area contributed by atoms with Crippen LogP contribution in [0.5, 0.6) is 0 Å². The fraction of sp³-hybridized carbons (Fsp3) is 0.538. The van der Waals surface area contributed by atoms with E-state index in [2.05, 4.69) is 9.18 Å². The van der Waals surface area contributed by atoms with Gasteiger partial charge in [-0.25, -0.2) is 8.42 Å². The molecule has 0 saturated carbocycles. The number of nitrogens with two attached hydrogens (primary N) is 1. The molecular formula is C13H23N3O6S2. The van der Waals surface area contributed by atoms with Gasteiger partial charge in [-0.15, -0.1) is 4.28 Å². The van der Waals surface area contributed by atoms with Crippen LogP contribution in [0.1, 0.15) is 19.4 Å². The summed E-state index contributed by atoms with van der Waals surface area (Å²) in [5.74, 6) is 0. The minimum absolute atomic E-state index is 0.115. The van der Waals surface area contributed by atoms with Crippen LogP contribution in [-0.4, -0.2) is 51.7 Å². The lowest BCUT2D eigenvalue weighted by Crippen LogP contribution is -2.34. The van der Waals surface area contributed by atoms with E-state index in [1.54, 1.807) is 6.07 Å². The summed E-state index contributed by atoms with van der Waals surface area (Å²) in [6.07, 6.45) is 0.886. The number of rotatable bonds is 9. The van der Waals surface area contributed by atoms with Crippen LogP contribution < -0.4 is 10.6 Å². The van der Waals surface area contributed by atoms with E-state index < -0.39 is 20.4 Å². The molecule has 0 aliphatic heterocycles. The molecule has 0 spiro atoms. The number of nitrogens with zero attached hydrogens (tertiary/aromatic N) is 2. The minimum atomic E-state index is -4.94. The van der Waals surface area contributed by atoms with E-state index in [-0.39, 0.29) is 17.4 Å². The second-order valence-electron chi connectivity index (χ2n) is 5.10. The first-order valence-electron chi connectivity index (χ1n) is 7.26. The summed E-state index contributed by atoms with van der Waals surface area (Å²) in [5, 5.41) is 0. The van der Waals surface area contributed by atoms with Crippen LogP contribution >= 0.6 is 0 Å². The first-order valence-corrected chi connectivity index (χ1v) is 10.5. The molecule has 0 saturated heterocycles. The molecule has 0 bridgehead atoms. The van der Waals surface area contributed by atoms with Gasteiger partial charge in [-0.1, -0.05) is 4.47 Å². The summed E-state index contributed by atoms with van der Waals surface area (Å²) in [6, 6.07) is 5.38. The molecule has 0 aliphatic carbocycles. The van der Waals surface area contributed by atoms with Crippen molar-refractivity contribution in [1.82, 2.24) is 4.47 Å². The zero-order valence-electron chi connectivity index (χ0n) is 13.8. The molecule has 1 aromatic rings. The van der Waals surface area contributed by atoms with E-state index in [1.165, 1.54) is 0 Å². The Morgan fingerprint density at radius 2 is 1.75 bits per heavy atom. The molecule has 138 valence electrons. The molecule has 11 heteroatoms. The average molecular weight is 381 g/mol. The van der Waals surface area contributed by atoms with Gasteiger partial charge in [-0.2, -0.15) is 8.42 Å². The fourth-order valence-corrected chi connectivity index (χ4v) is 3.55. The molecule has 0 atom stereocenters. The second-order valence-corrected chi connectivity index (χ2v) is 7.97. The summed E-state index contributed by atoms with van der Waals surface area (Å²) < 4.78 is 57.7. The third-order valence-corrected chi connectivity index (χ3v) is 4.83. The molecule has 1 rings (SSSR count). The number of hydroxylamine groups is 1. The van der Waals surface area contributed by atoms with Crippen LogP contribution in [0.3, 0.4) is 0 Å². The van der Waals surface area contributed by atoms with Crippen molar-refractivity contribution in [2.75, 3.05) is 36.5 Å². The summed E-state index contributed by atoms with van der Waals surface area (Å²) >= 11 is 0. The maximum absolute atomic E-state index is 11.6. The SMILES string of the molecule is CCN(CC)c1ccc(N)c(CCN(OS(=O)(=O)O)S(C)(=O)=O)c1. The van der Waals surface area contributed by atoms with Gasteiger partial charge in [0.05, 0.1) is 6.26 Å². The largest absolute Gasteiger partial charge is 0.414 e. The molecule has 0 amide bonds. The topological polar surface area (TPSA) is 130 Å². The van der Waals surface area contributed by atoms with E-state index in [0.29, 0.717) is 11.3 Å². The van der Waals surface area contributed by atoms with E-state index in [1.807, 2.05) is 26.0 Å². The molecule has 9 nitrogen and oxygen atoms in total. The molecular weight excluding hydrogens is 358 g/mol. The van der Waals surface area contributed by atoms with Gasteiger partial charge < -0.3 is 10.6 Å². The molecule has 3 N–H and O–H groups in total. The average Bonchev–Trinajstić information content (AvgIpc) is 2.45. The highest BCUT2D eigenvalue weighted by molar-refractivity contribution is 7.89. The van der Waals surface area contributed by atoms with E-state index >= 15 is 0 Å².